The largest absolute Gasteiger partial charge is 0.490 e. The summed E-state index contributed by atoms with van der Waals surface area (Å²) in [6.45, 7) is -0.0424. The van der Waals surface area contributed by atoms with E-state index in [1.807, 2.05) is 36.4 Å². The van der Waals surface area contributed by atoms with Crippen LogP contribution in [0.15, 0.2) is 66.0 Å². The number of rotatable bonds is 12. The van der Waals surface area contributed by atoms with Crippen LogP contribution in [0.4, 0.5) is 23.1 Å². The fourth-order valence-electron chi connectivity index (χ4n) is 3.14. The number of carbonyl (C=O) groups is 6. The van der Waals surface area contributed by atoms with Gasteiger partial charge in [0.1, 0.15) is 11.7 Å². The molecule has 0 saturated carbocycles. The van der Waals surface area contributed by atoms with E-state index in [1.165, 1.54) is 5.38 Å². The highest BCUT2D eigenvalue weighted by Crippen LogP contribution is 2.15. The summed E-state index contributed by atoms with van der Waals surface area (Å²) in [5, 5.41) is 30.3. The molecule has 5 amide bonds. The molecule has 3 aromatic rings. The lowest BCUT2D eigenvalue weighted by molar-refractivity contribution is -0.192. The molecule has 0 aliphatic rings. The van der Waals surface area contributed by atoms with E-state index in [4.69, 9.17) is 15.0 Å². The van der Waals surface area contributed by atoms with Gasteiger partial charge >= 0.3 is 24.1 Å². The summed E-state index contributed by atoms with van der Waals surface area (Å²) in [5.74, 6) is -6.14. The first-order valence-corrected chi connectivity index (χ1v) is 13.6. The van der Waals surface area contributed by atoms with Crippen molar-refractivity contribution in [1.82, 2.24) is 26.3 Å². The number of carboxylic acids is 2. The third kappa shape index (κ3) is 14.0. The van der Waals surface area contributed by atoms with Crippen LogP contribution < -0.4 is 26.6 Å². The maximum Gasteiger partial charge on any atom is 0.490 e. The Morgan fingerprint density at radius 2 is 1.36 bits per heavy atom. The van der Waals surface area contributed by atoms with Crippen molar-refractivity contribution in [1.29, 1.82) is 0 Å². The summed E-state index contributed by atoms with van der Waals surface area (Å²) in [6, 6.07) is 16.5. The van der Waals surface area contributed by atoms with Gasteiger partial charge in [-0.3, -0.25) is 24.5 Å². The molecule has 18 heteroatoms. The van der Waals surface area contributed by atoms with Gasteiger partial charge in [-0.25, -0.2) is 14.6 Å². The minimum absolute atomic E-state index is 0.0242. The Hall–Kier alpha value is -5.52. The average molecular weight is 653 g/mol. The first-order valence-electron chi connectivity index (χ1n) is 12.7. The van der Waals surface area contributed by atoms with Crippen LogP contribution in [0.2, 0.25) is 0 Å². The first-order chi connectivity index (χ1) is 21.2. The third-order valence-corrected chi connectivity index (χ3v) is 6.00. The number of aliphatic carboxylic acids is 2. The Kier molecular flexibility index (Phi) is 13.9. The van der Waals surface area contributed by atoms with E-state index in [-0.39, 0.29) is 17.4 Å². The van der Waals surface area contributed by atoms with Gasteiger partial charge < -0.3 is 31.5 Å². The van der Waals surface area contributed by atoms with E-state index in [9.17, 15) is 37.1 Å². The fourth-order valence-corrected chi connectivity index (χ4v) is 3.83. The molecule has 0 saturated heterocycles. The molecule has 0 aliphatic carbocycles. The van der Waals surface area contributed by atoms with Crippen LogP contribution in [-0.4, -0.2) is 69.7 Å². The van der Waals surface area contributed by atoms with Crippen molar-refractivity contribution in [3.05, 3.63) is 82.9 Å². The second-order valence-electron chi connectivity index (χ2n) is 8.74. The van der Waals surface area contributed by atoms with Gasteiger partial charge in [-0.1, -0.05) is 60.7 Å². The van der Waals surface area contributed by atoms with E-state index in [0.717, 1.165) is 22.5 Å². The van der Waals surface area contributed by atoms with Crippen LogP contribution in [0.3, 0.4) is 0 Å². The molecule has 1 atom stereocenters. The molecular weight excluding hydrogens is 625 g/mol. The molecule has 7 N–H and O–H groups in total. The number of hydrogen-bond donors (Lipinski definition) is 7. The Bertz CT molecular complexity index is 1470. The van der Waals surface area contributed by atoms with Crippen molar-refractivity contribution in [3.63, 3.8) is 0 Å². The van der Waals surface area contributed by atoms with Gasteiger partial charge in [-0.15, -0.1) is 11.3 Å². The van der Waals surface area contributed by atoms with Gasteiger partial charge in [0.2, 0.25) is 11.8 Å². The summed E-state index contributed by atoms with van der Waals surface area (Å²) >= 11 is 1.02. The van der Waals surface area contributed by atoms with Crippen LogP contribution >= 0.6 is 11.3 Å². The van der Waals surface area contributed by atoms with E-state index < -0.39 is 60.9 Å². The minimum atomic E-state index is -5.08. The number of aromatic nitrogens is 1. The molecule has 2 aromatic carbocycles. The number of nitrogens with zero attached hydrogens (tertiary/aromatic N) is 1. The molecule has 14 nitrogen and oxygen atoms in total. The second-order valence-corrected chi connectivity index (χ2v) is 9.60. The number of carbonyl (C=O) groups excluding carboxylic acids is 4. The standard InChI is InChI=1S/C25H26N6O6S.C2HF3O2/c32-20(29-18(11-21(33)34)22(35)26-12-16-7-3-1-4-8-16)14-27-23(36)19-15-38-25(30-19)31-24(37)28-13-17-9-5-2-6-10-17;3-2(4,5)1(6)7/h1-10,15,18H,11-14H2,(H,26,35)(H,27,36)(H,29,32)(H,33,34)(H2,28,30,31,37);(H,6,7)/t18-;/m0./s1. The van der Waals surface area contributed by atoms with Crippen molar-refractivity contribution in [2.75, 3.05) is 11.9 Å². The summed E-state index contributed by atoms with van der Waals surface area (Å²) in [6.07, 6.45) is -5.71. The number of alkyl halides is 3. The van der Waals surface area contributed by atoms with Gasteiger partial charge in [-0.2, -0.15) is 13.2 Å². The van der Waals surface area contributed by atoms with Crippen molar-refractivity contribution in [2.24, 2.45) is 0 Å². The lowest BCUT2D eigenvalue weighted by Crippen LogP contribution is -2.50. The van der Waals surface area contributed by atoms with Crippen LogP contribution in [-0.2, 0) is 32.3 Å². The summed E-state index contributed by atoms with van der Waals surface area (Å²) in [7, 11) is 0. The average Bonchev–Trinajstić information content (AvgIpc) is 3.46. The monoisotopic (exact) mass is 652 g/mol. The number of anilines is 1. The predicted octanol–water partition coefficient (Wildman–Crippen LogP) is 2.10. The van der Waals surface area contributed by atoms with Crippen molar-refractivity contribution in [3.8, 4) is 0 Å². The molecule has 0 fully saturated rings. The lowest BCUT2D eigenvalue weighted by Gasteiger charge is -2.17. The first kappa shape index (κ1) is 35.7. The molecule has 0 unspecified atom stereocenters. The zero-order chi connectivity index (χ0) is 33.4. The molecule has 240 valence electrons. The Labute approximate surface area is 257 Å². The normalized spacial score (nSPS) is 11.1. The highest BCUT2D eigenvalue weighted by atomic mass is 32.1. The number of amides is 5. The van der Waals surface area contributed by atoms with E-state index in [2.05, 4.69) is 31.6 Å². The smallest absolute Gasteiger partial charge is 0.481 e. The topological polar surface area (TPSA) is 216 Å². The van der Waals surface area contributed by atoms with Crippen LogP contribution in [0.5, 0.6) is 0 Å². The number of halogens is 3. The number of urea groups is 1. The molecular formula is C27H27F3N6O8S. The van der Waals surface area contributed by atoms with Crippen LogP contribution in [0, 0.1) is 0 Å². The van der Waals surface area contributed by atoms with Gasteiger partial charge in [0.15, 0.2) is 5.13 Å². The Morgan fingerprint density at radius 3 is 1.87 bits per heavy atom. The highest BCUT2D eigenvalue weighted by molar-refractivity contribution is 7.14. The number of nitrogens with one attached hydrogen (secondary N) is 5. The van der Waals surface area contributed by atoms with Crippen molar-refractivity contribution >= 4 is 52.2 Å². The second kappa shape index (κ2) is 17.6. The highest BCUT2D eigenvalue weighted by Gasteiger charge is 2.38. The molecule has 0 radical (unpaired) electrons. The maximum absolute atomic E-state index is 12.4. The maximum atomic E-state index is 12.4. The molecule has 1 heterocycles. The number of thiazole rings is 1. The molecule has 0 aliphatic heterocycles. The number of hydrogen-bond acceptors (Lipinski definition) is 8. The number of carboxylic acid groups (broad SMARTS) is 2. The molecule has 1 aromatic heterocycles. The quantitative estimate of drug-likeness (QED) is 0.152. The minimum Gasteiger partial charge on any atom is -0.481 e. The summed E-state index contributed by atoms with van der Waals surface area (Å²) in [4.78, 5) is 73.3. The van der Waals surface area contributed by atoms with Gasteiger partial charge in [0.05, 0.1) is 13.0 Å². The zero-order valence-corrected chi connectivity index (χ0v) is 23.9. The molecule has 0 spiro atoms. The van der Waals surface area contributed by atoms with Crippen molar-refractivity contribution < 1.29 is 52.2 Å². The Morgan fingerprint density at radius 1 is 0.822 bits per heavy atom. The lowest BCUT2D eigenvalue weighted by atomic mass is 10.1. The van der Waals surface area contributed by atoms with E-state index in [0.29, 0.717) is 6.54 Å². The van der Waals surface area contributed by atoms with Crippen LogP contribution in [0.25, 0.3) is 0 Å². The summed E-state index contributed by atoms with van der Waals surface area (Å²) < 4.78 is 31.7. The molecule has 3 rings (SSSR count). The van der Waals surface area contributed by atoms with Gasteiger partial charge in [-0.05, 0) is 11.1 Å². The fraction of sp³-hybridized carbons (Fsp3) is 0.222. The van der Waals surface area contributed by atoms with Crippen molar-refractivity contribution in [2.45, 2.75) is 31.7 Å². The third-order valence-electron chi connectivity index (χ3n) is 5.25. The predicted molar refractivity (Wildman–Crippen MR) is 153 cm³/mol. The molecule has 0 bridgehead atoms. The van der Waals surface area contributed by atoms with Gasteiger partial charge in [0.25, 0.3) is 5.91 Å². The van der Waals surface area contributed by atoms with Gasteiger partial charge in [0, 0.05) is 18.5 Å². The van der Waals surface area contributed by atoms with E-state index in [1.54, 1.807) is 24.3 Å². The van der Waals surface area contributed by atoms with E-state index >= 15 is 0 Å². The molecule has 45 heavy (non-hydrogen) atoms. The zero-order valence-electron chi connectivity index (χ0n) is 23.1. The number of benzene rings is 2. The summed E-state index contributed by atoms with van der Waals surface area (Å²) in [5.41, 5.74) is 1.70. The Balaban J connectivity index is 0.000000900. The van der Waals surface area contributed by atoms with Crippen LogP contribution in [0.1, 0.15) is 28.0 Å². The SMILES string of the molecule is O=C(O)C(F)(F)F.O=C(O)C[C@H](NC(=O)CNC(=O)c1csc(NC(=O)NCc2ccccc2)n1)C(=O)NCc1ccccc1.